The highest BCUT2D eigenvalue weighted by Crippen LogP contribution is 2.16. The van der Waals surface area contributed by atoms with Crippen molar-refractivity contribution < 1.29 is 9.59 Å². The van der Waals surface area contributed by atoms with Crippen molar-refractivity contribution in [2.45, 2.75) is 13.0 Å². The zero-order valence-corrected chi connectivity index (χ0v) is 12.4. The molecule has 1 aliphatic rings. The molecule has 9 nitrogen and oxygen atoms in total. The summed E-state index contributed by atoms with van der Waals surface area (Å²) < 4.78 is 1.54. The van der Waals surface area contributed by atoms with Crippen LogP contribution in [0.2, 0.25) is 0 Å². The van der Waals surface area contributed by atoms with Gasteiger partial charge in [-0.05, 0) is 12.5 Å². The Kier molecular flexibility index (Phi) is 4.18. The minimum Gasteiger partial charge on any atom is -0.369 e. The summed E-state index contributed by atoms with van der Waals surface area (Å²) in [4.78, 5) is 33.1. The number of hydrogen-bond donors (Lipinski definition) is 2. The SMILES string of the molecule is NC(=O)C1CCN(C(=O)NCc2cccnc2-n2cncn2)C1. The highest BCUT2D eigenvalue weighted by atomic mass is 16.2. The third kappa shape index (κ3) is 3.28. The van der Waals surface area contributed by atoms with Gasteiger partial charge in [-0.2, -0.15) is 5.10 Å². The molecular weight excluding hydrogens is 298 g/mol. The molecule has 0 saturated carbocycles. The summed E-state index contributed by atoms with van der Waals surface area (Å²) in [7, 11) is 0. The number of urea groups is 1. The monoisotopic (exact) mass is 315 g/mol. The Morgan fingerprint density at radius 1 is 1.43 bits per heavy atom. The average molecular weight is 315 g/mol. The van der Waals surface area contributed by atoms with Crippen LogP contribution in [-0.4, -0.2) is 49.7 Å². The van der Waals surface area contributed by atoms with Gasteiger partial charge < -0.3 is 16.0 Å². The molecule has 3 N–H and O–H groups in total. The fourth-order valence-electron chi connectivity index (χ4n) is 2.55. The third-order valence-electron chi connectivity index (χ3n) is 3.81. The predicted molar refractivity (Wildman–Crippen MR) is 80.3 cm³/mol. The van der Waals surface area contributed by atoms with Gasteiger partial charge in [0.15, 0.2) is 5.82 Å². The van der Waals surface area contributed by atoms with Crippen LogP contribution in [0.25, 0.3) is 5.82 Å². The van der Waals surface area contributed by atoms with Crippen molar-refractivity contribution in [2.24, 2.45) is 11.7 Å². The Morgan fingerprint density at radius 3 is 3.00 bits per heavy atom. The van der Waals surface area contributed by atoms with E-state index in [0.29, 0.717) is 31.9 Å². The summed E-state index contributed by atoms with van der Waals surface area (Å²) in [5.41, 5.74) is 6.09. The first kappa shape index (κ1) is 14.9. The smallest absolute Gasteiger partial charge is 0.317 e. The zero-order valence-electron chi connectivity index (χ0n) is 12.4. The second kappa shape index (κ2) is 6.42. The number of nitrogens with two attached hydrogens (primary N) is 1. The van der Waals surface area contributed by atoms with Gasteiger partial charge in [-0.3, -0.25) is 4.79 Å². The molecule has 1 unspecified atom stereocenters. The van der Waals surface area contributed by atoms with Crippen molar-refractivity contribution in [1.82, 2.24) is 30.0 Å². The van der Waals surface area contributed by atoms with Crippen molar-refractivity contribution in [2.75, 3.05) is 13.1 Å². The number of amides is 3. The minimum absolute atomic E-state index is 0.220. The molecule has 2 aromatic heterocycles. The van der Waals surface area contributed by atoms with Gasteiger partial charge in [0.25, 0.3) is 0 Å². The molecule has 0 bridgehead atoms. The molecule has 9 heteroatoms. The minimum atomic E-state index is -0.360. The lowest BCUT2D eigenvalue weighted by Crippen LogP contribution is -2.39. The van der Waals surface area contributed by atoms with E-state index in [1.807, 2.05) is 6.07 Å². The molecular formula is C14H17N7O2. The number of hydrogen-bond acceptors (Lipinski definition) is 5. The van der Waals surface area contributed by atoms with Gasteiger partial charge in [-0.1, -0.05) is 6.07 Å². The molecule has 0 aromatic carbocycles. The number of carbonyl (C=O) groups is 2. The zero-order chi connectivity index (χ0) is 16.2. The molecule has 0 aliphatic carbocycles. The molecule has 1 atom stereocenters. The maximum Gasteiger partial charge on any atom is 0.317 e. The second-order valence-corrected chi connectivity index (χ2v) is 5.32. The molecule has 3 amide bonds. The number of rotatable bonds is 4. The lowest BCUT2D eigenvalue weighted by molar-refractivity contribution is -0.121. The standard InChI is InChI=1S/C14H17N7O2/c15-12(22)11-3-5-20(7-11)14(23)18-6-10-2-1-4-17-13(10)21-9-16-8-19-21/h1-2,4,8-9,11H,3,5-7H2,(H2,15,22)(H,18,23). The van der Waals surface area contributed by atoms with Crippen LogP contribution >= 0.6 is 0 Å². The van der Waals surface area contributed by atoms with Crippen LogP contribution < -0.4 is 11.1 Å². The highest BCUT2D eigenvalue weighted by Gasteiger charge is 2.29. The molecule has 1 aliphatic heterocycles. The summed E-state index contributed by atoms with van der Waals surface area (Å²) in [6, 6.07) is 3.43. The summed E-state index contributed by atoms with van der Waals surface area (Å²) in [5.74, 6) is -0.00684. The number of likely N-dealkylation sites (tertiary alicyclic amines) is 1. The van der Waals surface area contributed by atoms with Crippen LogP contribution in [0.3, 0.4) is 0 Å². The van der Waals surface area contributed by atoms with Crippen LogP contribution in [-0.2, 0) is 11.3 Å². The van der Waals surface area contributed by atoms with Gasteiger partial charge >= 0.3 is 6.03 Å². The van der Waals surface area contributed by atoms with E-state index in [1.54, 1.807) is 28.2 Å². The van der Waals surface area contributed by atoms with E-state index >= 15 is 0 Å². The maximum absolute atomic E-state index is 12.2. The Bertz CT molecular complexity index is 701. The van der Waals surface area contributed by atoms with Gasteiger partial charge in [0.2, 0.25) is 5.91 Å². The number of aromatic nitrogens is 4. The quantitative estimate of drug-likeness (QED) is 0.801. The van der Waals surface area contributed by atoms with Gasteiger partial charge in [0, 0.05) is 31.4 Å². The van der Waals surface area contributed by atoms with Crippen molar-refractivity contribution in [3.05, 3.63) is 36.5 Å². The number of primary amides is 1. The fourth-order valence-corrected chi connectivity index (χ4v) is 2.55. The lowest BCUT2D eigenvalue weighted by atomic mass is 10.1. The molecule has 1 saturated heterocycles. The van der Waals surface area contributed by atoms with E-state index in [4.69, 9.17) is 5.73 Å². The van der Waals surface area contributed by atoms with E-state index in [2.05, 4.69) is 20.4 Å². The largest absolute Gasteiger partial charge is 0.369 e. The van der Waals surface area contributed by atoms with Crippen LogP contribution in [0.1, 0.15) is 12.0 Å². The number of carbonyl (C=O) groups excluding carboxylic acids is 2. The molecule has 3 rings (SSSR count). The van der Waals surface area contributed by atoms with E-state index in [1.165, 1.54) is 6.33 Å². The summed E-state index contributed by atoms with van der Waals surface area (Å²) in [6.45, 7) is 1.20. The third-order valence-corrected chi connectivity index (χ3v) is 3.81. The first-order chi connectivity index (χ1) is 11.1. The van der Waals surface area contributed by atoms with Gasteiger partial charge in [0.1, 0.15) is 12.7 Å². The Balaban J connectivity index is 1.63. The average Bonchev–Trinajstić information content (AvgIpc) is 3.24. The van der Waals surface area contributed by atoms with Gasteiger partial charge in [0.05, 0.1) is 5.92 Å². The lowest BCUT2D eigenvalue weighted by Gasteiger charge is -2.17. The summed E-state index contributed by atoms with van der Waals surface area (Å²) >= 11 is 0. The van der Waals surface area contributed by atoms with Gasteiger partial charge in [-0.25, -0.2) is 19.4 Å². The van der Waals surface area contributed by atoms with Crippen LogP contribution in [0.4, 0.5) is 4.79 Å². The fraction of sp³-hybridized carbons (Fsp3) is 0.357. The topological polar surface area (TPSA) is 119 Å². The van der Waals surface area contributed by atoms with Crippen molar-refractivity contribution in [1.29, 1.82) is 0 Å². The van der Waals surface area contributed by atoms with Crippen LogP contribution in [0.15, 0.2) is 31.0 Å². The Morgan fingerprint density at radius 2 is 2.30 bits per heavy atom. The molecule has 1 fully saturated rings. The van der Waals surface area contributed by atoms with Crippen molar-refractivity contribution in [3.63, 3.8) is 0 Å². The van der Waals surface area contributed by atoms with E-state index in [0.717, 1.165) is 5.56 Å². The molecule has 3 heterocycles. The number of pyridine rings is 1. The summed E-state index contributed by atoms with van der Waals surface area (Å²) in [6.07, 6.45) is 5.23. The first-order valence-corrected chi connectivity index (χ1v) is 7.26. The first-order valence-electron chi connectivity index (χ1n) is 7.26. The molecule has 23 heavy (non-hydrogen) atoms. The van der Waals surface area contributed by atoms with E-state index in [9.17, 15) is 9.59 Å². The summed E-state index contributed by atoms with van der Waals surface area (Å²) in [5, 5.41) is 6.89. The molecule has 0 spiro atoms. The van der Waals surface area contributed by atoms with E-state index in [-0.39, 0.29) is 17.9 Å². The van der Waals surface area contributed by atoms with Crippen LogP contribution in [0.5, 0.6) is 0 Å². The maximum atomic E-state index is 12.2. The predicted octanol–water partition coefficient (Wildman–Crippen LogP) is -0.321. The van der Waals surface area contributed by atoms with Crippen molar-refractivity contribution >= 4 is 11.9 Å². The molecule has 0 radical (unpaired) electrons. The highest BCUT2D eigenvalue weighted by molar-refractivity contribution is 5.80. The molecule has 120 valence electrons. The van der Waals surface area contributed by atoms with E-state index < -0.39 is 0 Å². The second-order valence-electron chi connectivity index (χ2n) is 5.32. The number of nitrogens with one attached hydrogen (secondary N) is 1. The number of nitrogens with zero attached hydrogens (tertiary/aromatic N) is 5. The van der Waals surface area contributed by atoms with Gasteiger partial charge in [-0.15, -0.1) is 0 Å². The van der Waals surface area contributed by atoms with Crippen LogP contribution in [0, 0.1) is 5.92 Å². The molecule has 2 aromatic rings. The Hall–Kier alpha value is -2.97. The van der Waals surface area contributed by atoms with Crippen molar-refractivity contribution in [3.8, 4) is 5.82 Å². The normalized spacial score (nSPS) is 17.2. The Labute approximate surface area is 132 Å².